The van der Waals surface area contributed by atoms with Crippen LogP contribution in [-0.4, -0.2) is 24.0 Å². The minimum absolute atomic E-state index is 0. The van der Waals surface area contributed by atoms with Crippen LogP contribution in [0.1, 0.15) is 18.5 Å². The molecule has 0 unspecified atom stereocenters. The minimum Gasteiger partial charge on any atom is -0.462 e. The second kappa shape index (κ2) is 7.59. The first-order chi connectivity index (χ1) is 9.83. The van der Waals surface area contributed by atoms with E-state index in [0.717, 1.165) is 42.4 Å². The van der Waals surface area contributed by atoms with E-state index >= 15 is 0 Å². The van der Waals surface area contributed by atoms with E-state index in [1.165, 1.54) is 11.3 Å². The van der Waals surface area contributed by atoms with Gasteiger partial charge in [-0.2, -0.15) is 0 Å². The Morgan fingerprint density at radius 3 is 3.00 bits per heavy atom. The van der Waals surface area contributed by atoms with E-state index in [0.29, 0.717) is 6.54 Å². The van der Waals surface area contributed by atoms with Gasteiger partial charge in [0.1, 0.15) is 0 Å². The molecule has 0 atom stereocenters. The summed E-state index contributed by atoms with van der Waals surface area (Å²) in [5.74, 6) is 1.05. The van der Waals surface area contributed by atoms with Crippen LogP contribution in [0.2, 0.25) is 0 Å². The number of thiazole rings is 1. The van der Waals surface area contributed by atoms with E-state index in [9.17, 15) is 4.79 Å². The lowest BCUT2D eigenvalue weighted by Crippen LogP contribution is -2.37. The average molecular weight is 328 g/mol. The summed E-state index contributed by atoms with van der Waals surface area (Å²) in [4.78, 5) is 16.5. The summed E-state index contributed by atoms with van der Waals surface area (Å²) < 4.78 is 5.31. The number of carbonyl (C=O) groups excluding carboxylic acids is 1. The van der Waals surface area contributed by atoms with Crippen LogP contribution >= 0.6 is 23.7 Å². The number of nitrogens with one attached hydrogen (secondary N) is 2. The summed E-state index contributed by atoms with van der Waals surface area (Å²) in [6.45, 7) is 2.34. The number of amides is 1. The number of halogens is 1. The van der Waals surface area contributed by atoms with Crippen LogP contribution in [0.3, 0.4) is 0 Å². The SMILES string of the molecule is Cl.O=C(NCc1csc(-c2ccco2)n1)C1CCNCC1. The van der Waals surface area contributed by atoms with Gasteiger partial charge < -0.3 is 15.1 Å². The molecule has 5 nitrogen and oxygen atoms in total. The van der Waals surface area contributed by atoms with Gasteiger partial charge in [-0.1, -0.05) is 0 Å². The number of piperidine rings is 1. The van der Waals surface area contributed by atoms with Crippen molar-refractivity contribution in [3.63, 3.8) is 0 Å². The van der Waals surface area contributed by atoms with Crippen LogP contribution in [0.5, 0.6) is 0 Å². The summed E-state index contributed by atoms with van der Waals surface area (Å²) in [6, 6.07) is 3.73. The lowest BCUT2D eigenvalue weighted by molar-refractivity contribution is -0.125. The van der Waals surface area contributed by atoms with Crippen LogP contribution in [0.15, 0.2) is 28.2 Å². The number of carbonyl (C=O) groups is 1. The second-order valence-electron chi connectivity index (χ2n) is 4.86. The maximum Gasteiger partial charge on any atom is 0.223 e. The smallest absolute Gasteiger partial charge is 0.223 e. The number of hydrogen-bond donors (Lipinski definition) is 2. The van der Waals surface area contributed by atoms with Gasteiger partial charge in [-0.3, -0.25) is 4.79 Å². The van der Waals surface area contributed by atoms with E-state index in [1.807, 2.05) is 17.5 Å². The fourth-order valence-corrected chi connectivity index (χ4v) is 3.09. The zero-order valence-corrected chi connectivity index (χ0v) is 13.1. The van der Waals surface area contributed by atoms with Crippen molar-refractivity contribution < 1.29 is 9.21 Å². The Hall–Kier alpha value is -1.37. The molecular weight excluding hydrogens is 310 g/mol. The zero-order valence-electron chi connectivity index (χ0n) is 11.5. The van der Waals surface area contributed by atoms with Crippen molar-refractivity contribution in [1.82, 2.24) is 15.6 Å². The van der Waals surface area contributed by atoms with Crippen LogP contribution in [0, 0.1) is 5.92 Å². The first-order valence-electron chi connectivity index (χ1n) is 6.79. The first kappa shape index (κ1) is 16.0. The van der Waals surface area contributed by atoms with Crippen LogP contribution in [0.25, 0.3) is 10.8 Å². The number of aromatic nitrogens is 1. The highest BCUT2D eigenvalue weighted by Crippen LogP contribution is 2.23. The normalized spacial score (nSPS) is 15.4. The number of rotatable bonds is 4. The molecule has 7 heteroatoms. The molecule has 0 radical (unpaired) electrons. The molecule has 3 rings (SSSR count). The molecule has 3 heterocycles. The van der Waals surface area contributed by atoms with Crippen molar-refractivity contribution in [2.75, 3.05) is 13.1 Å². The van der Waals surface area contributed by atoms with Gasteiger partial charge in [0, 0.05) is 11.3 Å². The first-order valence-corrected chi connectivity index (χ1v) is 7.67. The van der Waals surface area contributed by atoms with Gasteiger partial charge in [0.15, 0.2) is 10.8 Å². The maximum absolute atomic E-state index is 12.0. The van der Waals surface area contributed by atoms with Crippen molar-refractivity contribution in [1.29, 1.82) is 0 Å². The Morgan fingerprint density at radius 2 is 2.29 bits per heavy atom. The fourth-order valence-electron chi connectivity index (χ4n) is 2.31. The number of nitrogens with zero attached hydrogens (tertiary/aromatic N) is 1. The molecule has 0 aromatic carbocycles. The van der Waals surface area contributed by atoms with E-state index in [1.54, 1.807) is 6.26 Å². The van der Waals surface area contributed by atoms with Crippen molar-refractivity contribution in [2.24, 2.45) is 5.92 Å². The standard InChI is InChI=1S/C14H17N3O2S.ClH/c18-13(10-3-5-15-6-4-10)16-8-11-9-20-14(17-11)12-2-1-7-19-12;/h1-2,7,9-10,15H,3-6,8H2,(H,16,18);1H. The fraction of sp³-hybridized carbons (Fsp3) is 0.429. The monoisotopic (exact) mass is 327 g/mol. The molecule has 0 bridgehead atoms. The van der Waals surface area contributed by atoms with Crippen molar-refractivity contribution in [3.05, 3.63) is 29.5 Å². The summed E-state index contributed by atoms with van der Waals surface area (Å²) in [5, 5.41) is 9.04. The van der Waals surface area contributed by atoms with E-state index in [-0.39, 0.29) is 24.2 Å². The summed E-state index contributed by atoms with van der Waals surface area (Å²) in [7, 11) is 0. The third kappa shape index (κ3) is 4.06. The van der Waals surface area contributed by atoms with Gasteiger partial charge in [-0.05, 0) is 38.1 Å². The van der Waals surface area contributed by atoms with Gasteiger partial charge in [0.05, 0.1) is 18.5 Å². The van der Waals surface area contributed by atoms with E-state index in [2.05, 4.69) is 15.6 Å². The zero-order chi connectivity index (χ0) is 13.8. The third-order valence-corrected chi connectivity index (χ3v) is 4.34. The van der Waals surface area contributed by atoms with Gasteiger partial charge in [0.25, 0.3) is 0 Å². The van der Waals surface area contributed by atoms with Crippen molar-refractivity contribution in [3.8, 4) is 10.8 Å². The van der Waals surface area contributed by atoms with Gasteiger partial charge >= 0.3 is 0 Å². The molecule has 1 aliphatic heterocycles. The van der Waals surface area contributed by atoms with Crippen LogP contribution in [-0.2, 0) is 11.3 Å². The molecule has 114 valence electrons. The lowest BCUT2D eigenvalue weighted by Gasteiger charge is -2.21. The highest BCUT2D eigenvalue weighted by atomic mass is 35.5. The second-order valence-corrected chi connectivity index (χ2v) is 5.72. The summed E-state index contributed by atoms with van der Waals surface area (Å²) >= 11 is 1.53. The van der Waals surface area contributed by atoms with E-state index < -0.39 is 0 Å². The largest absolute Gasteiger partial charge is 0.462 e. The third-order valence-electron chi connectivity index (χ3n) is 3.44. The quantitative estimate of drug-likeness (QED) is 0.905. The molecule has 21 heavy (non-hydrogen) atoms. The lowest BCUT2D eigenvalue weighted by atomic mass is 9.97. The Labute approximate surface area is 133 Å². The maximum atomic E-state index is 12.0. The molecule has 1 aliphatic rings. The Bertz CT molecular complexity index is 565. The molecule has 0 saturated carbocycles. The van der Waals surface area contributed by atoms with Crippen LogP contribution < -0.4 is 10.6 Å². The molecule has 1 amide bonds. The topological polar surface area (TPSA) is 67.2 Å². The Balaban J connectivity index is 0.00000161. The van der Waals surface area contributed by atoms with Crippen molar-refractivity contribution >= 4 is 29.7 Å². The molecule has 2 N–H and O–H groups in total. The molecule has 1 saturated heterocycles. The van der Waals surface area contributed by atoms with Crippen LogP contribution in [0.4, 0.5) is 0 Å². The molecule has 1 fully saturated rings. The highest BCUT2D eigenvalue weighted by molar-refractivity contribution is 7.13. The minimum atomic E-state index is 0. The predicted octanol–water partition coefficient (Wildman–Crippen LogP) is 2.44. The van der Waals surface area contributed by atoms with Gasteiger partial charge in [-0.15, -0.1) is 23.7 Å². The van der Waals surface area contributed by atoms with E-state index in [4.69, 9.17) is 4.42 Å². The molecule has 2 aromatic rings. The van der Waals surface area contributed by atoms with Crippen molar-refractivity contribution in [2.45, 2.75) is 19.4 Å². The highest BCUT2D eigenvalue weighted by Gasteiger charge is 2.20. The molecule has 0 spiro atoms. The molecule has 0 aliphatic carbocycles. The number of furan rings is 1. The predicted molar refractivity (Wildman–Crippen MR) is 84.5 cm³/mol. The summed E-state index contributed by atoms with van der Waals surface area (Å²) in [5.41, 5.74) is 0.878. The summed E-state index contributed by atoms with van der Waals surface area (Å²) in [6.07, 6.45) is 3.47. The Morgan fingerprint density at radius 1 is 1.48 bits per heavy atom. The van der Waals surface area contributed by atoms with Gasteiger partial charge in [-0.25, -0.2) is 4.98 Å². The number of hydrogen-bond acceptors (Lipinski definition) is 5. The van der Waals surface area contributed by atoms with Gasteiger partial charge in [0.2, 0.25) is 5.91 Å². The molecular formula is C14H18ClN3O2S. The Kier molecular flexibility index (Phi) is 5.78. The average Bonchev–Trinajstić information content (AvgIpc) is 3.16. The molecule has 2 aromatic heterocycles.